The average Bonchev–Trinajstić information content (AvgIpc) is 2.28. The number of aromatic nitrogens is 2. The third kappa shape index (κ3) is 5.46. The quantitative estimate of drug-likeness (QED) is 0.649. The van der Waals surface area contributed by atoms with Gasteiger partial charge in [-0.05, 0) is 13.8 Å². The summed E-state index contributed by atoms with van der Waals surface area (Å²) in [5.74, 6) is 1.10. The van der Waals surface area contributed by atoms with Crippen LogP contribution in [0.1, 0.15) is 12.6 Å². The van der Waals surface area contributed by atoms with E-state index in [0.717, 1.165) is 5.69 Å². The number of ether oxygens (including phenoxy) is 2. The Morgan fingerprint density at radius 3 is 2.88 bits per heavy atom. The lowest BCUT2D eigenvalue weighted by molar-refractivity contribution is 0.0991. The Hall–Kier alpha value is -1.40. The summed E-state index contributed by atoms with van der Waals surface area (Å²) in [7, 11) is 0. The van der Waals surface area contributed by atoms with Crippen molar-refractivity contribution in [2.24, 2.45) is 0 Å². The van der Waals surface area contributed by atoms with Gasteiger partial charge in [-0.3, -0.25) is 0 Å². The summed E-state index contributed by atoms with van der Waals surface area (Å²) < 4.78 is 10.4. The van der Waals surface area contributed by atoms with Crippen molar-refractivity contribution in [1.29, 1.82) is 0 Å². The van der Waals surface area contributed by atoms with Crippen LogP contribution in [0.25, 0.3) is 0 Å². The fraction of sp³-hybridized carbons (Fsp3) is 0.636. The van der Waals surface area contributed by atoms with Gasteiger partial charge in [-0.25, -0.2) is 4.98 Å². The lowest BCUT2D eigenvalue weighted by Crippen LogP contribution is -2.13. The zero-order valence-electron chi connectivity index (χ0n) is 10.3. The van der Waals surface area contributed by atoms with Crippen LogP contribution in [0.4, 0.5) is 5.95 Å². The fourth-order valence-corrected chi connectivity index (χ4v) is 1.24. The van der Waals surface area contributed by atoms with E-state index in [2.05, 4.69) is 15.3 Å². The van der Waals surface area contributed by atoms with Gasteiger partial charge in [0.25, 0.3) is 0 Å². The van der Waals surface area contributed by atoms with Crippen LogP contribution in [-0.2, 0) is 4.74 Å². The van der Waals surface area contributed by atoms with Crippen LogP contribution in [-0.4, -0.2) is 48.0 Å². The molecule has 0 aliphatic carbocycles. The molecule has 2 N–H and O–H groups in total. The first-order chi connectivity index (χ1) is 8.26. The molecule has 0 aliphatic heterocycles. The number of hydrogen-bond acceptors (Lipinski definition) is 6. The van der Waals surface area contributed by atoms with Gasteiger partial charge in [-0.2, -0.15) is 4.98 Å². The summed E-state index contributed by atoms with van der Waals surface area (Å²) in [5, 5.41) is 11.6. The summed E-state index contributed by atoms with van der Waals surface area (Å²) in [6.07, 6.45) is 0. The number of nitrogens with one attached hydrogen (secondary N) is 1. The van der Waals surface area contributed by atoms with Crippen LogP contribution in [0.3, 0.4) is 0 Å². The number of aliphatic hydroxyl groups excluding tert-OH is 1. The Bertz CT molecular complexity index is 334. The third-order valence-electron chi connectivity index (χ3n) is 1.89. The second kappa shape index (κ2) is 7.81. The summed E-state index contributed by atoms with van der Waals surface area (Å²) >= 11 is 0. The lowest BCUT2D eigenvalue weighted by Gasteiger charge is -2.08. The minimum absolute atomic E-state index is 0.0371. The van der Waals surface area contributed by atoms with Gasteiger partial charge in [-0.1, -0.05) is 0 Å². The maximum Gasteiger partial charge on any atom is 0.226 e. The van der Waals surface area contributed by atoms with E-state index in [4.69, 9.17) is 14.6 Å². The van der Waals surface area contributed by atoms with Crippen LogP contribution in [0.5, 0.6) is 5.88 Å². The molecule has 17 heavy (non-hydrogen) atoms. The van der Waals surface area contributed by atoms with Gasteiger partial charge >= 0.3 is 0 Å². The molecule has 0 bridgehead atoms. The molecule has 0 spiro atoms. The van der Waals surface area contributed by atoms with E-state index >= 15 is 0 Å². The minimum atomic E-state index is 0.0371. The van der Waals surface area contributed by atoms with Crippen molar-refractivity contribution in [2.45, 2.75) is 13.8 Å². The van der Waals surface area contributed by atoms with Crippen molar-refractivity contribution >= 4 is 5.95 Å². The topological polar surface area (TPSA) is 76.5 Å². The third-order valence-corrected chi connectivity index (χ3v) is 1.89. The van der Waals surface area contributed by atoms with Crippen molar-refractivity contribution < 1.29 is 14.6 Å². The Morgan fingerprint density at radius 1 is 1.35 bits per heavy atom. The summed E-state index contributed by atoms with van der Waals surface area (Å²) in [4.78, 5) is 8.42. The Balaban J connectivity index is 2.41. The predicted octanol–water partition coefficient (Wildman–Crippen LogP) is 0.605. The van der Waals surface area contributed by atoms with Gasteiger partial charge < -0.3 is 19.9 Å². The molecule has 1 rings (SSSR count). The number of nitrogens with zero attached hydrogens (tertiary/aromatic N) is 2. The zero-order valence-corrected chi connectivity index (χ0v) is 10.3. The van der Waals surface area contributed by atoms with Crippen molar-refractivity contribution in [2.75, 3.05) is 38.3 Å². The molecule has 0 aromatic carbocycles. The largest absolute Gasteiger partial charge is 0.478 e. The van der Waals surface area contributed by atoms with E-state index in [1.807, 2.05) is 13.8 Å². The van der Waals surface area contributed by atoms with Gasteiger partial charge in [0.05, 0.1) is 26.4 Å². The highest BCUT2D eigenvalue weighted by molar-refractivity contribution is 5.30. The smallest absolute Gasteiger partial charge is 0.226 e. The summed E-state index contributed by atoms with van der Waals surface area (Å²) in [6.45, 7) is 5.85. The molecule has 0 unspecified atom stereocenters. The molecule has 0 radical (unpaired) electrons. The second-order valence-electron chi connectivity index (χ2n) is 3.37. The second-order valence-corrected chi connectivity index (χ2v) is 3.37. The van der Waals surface area contributed by atoms with Crippen LogP contribution in [0.2, 0.25) is 0 Å². The molecule has 1 aromatic heterocycles. The molecule has 0 aliphatic rings. The minimum Gasteiger partial charge on any atom is -0.478 e. The van der Waals surface area contributed by atoms with Gasteiger partial charge in [0, 0.05) is 18.3 Å². The van der Waals surface area contributed by atoms with E-state index in [-0.39, 0.29) is 6.61 Å². The highest BCUT2D eigenvalue weighted by Crippen LogP contribution is 2.11. The molecule has 0 saturated heterocycles. The molecule has 0 fully saturated rings. The number of hydrogen-bond donors (Lipinski definition) is 2. The normalized spacial score (nSPS) is 10.3. The first-order valence-electron chi connectivity index (χ1n) is 5.67. The first-order valence-corrected chi connectivity index (χ1v) is 5.67. The maximum absolute atomic E-state index is 8.53. The average molecular weight is 241 g/mol. The molecule has 0 atom stereocenters. The highest BCUT2D eigenvalue weighted by Gasteiger charge is 2.01. The molecule has 1 heterocycles. The van der Waals surface area contributed by atoms with E-state index in [0.29, 0.717) is 38.2 Å². The van der Waals surface area contributed by atoms with E-state index in [1.54, 1.807) is 6.07 Å². The van der Waals surface area contributed by atoms with Gasteiger partial charge in [0.15, 0.2) is 0 Å². The molecule has 0 saturated carbocycles. The molecular weight excluding hydrogens is 222 g/mol. The summed E-state index contributed by atoms with van der Waals surface area (Å²) in [6, 6.07) is 1.79. The highest BCUT2D eigenvalue weighted by atomic mass is 16.5. The number of anilines is 1. The van der Waals surface area contributed by atoms with Crippen LogP contribution >= 0.6 is 0 Å². The SMILES string of the molecule is CCOc1cc(C)nc(NCCOCCO)n1. The molecule has 6 heteroatoms. The summed E-state index contributed by atoms with van der Waals surface area (Å²) in [5.41, 5.74) is 0.849. The van der Waals surface area contributed by atoms with Crippen molar-refractivity contribution in [3.63, 3.8) is 0 Å². The van der Waals surface area contributed by atoms with Crippen LogP contribution in [0, 0.1) is 6.92 Å². The standard InChI is InChI=1S/C11H19N3O3/c1-3-17-10-8-9(2)13-11(14-10)12-4-6-16-7-5-15/h8,15H,3-7H2,1-2H3,(H,12,13,14). The van der Waals surface area contributed by atoms with E-state index in [9.17, 15) is 0 Å². The maximum atomic E-state index is 8.53. The molecule has 96 valence electrons. The number of aliphatic hydroxyl groups is 1. The van der Waals surface area contributed by atoms with Crippen molar-refractivity contribution in [3.05, 3.63) is 11.8 Å². The van der Waals surface area contributed by atoms with Crippen LogP contribution < -0.4 is 10.1 Å². The van der Waals surface area contributed by atoms with Gasteiger partial charge in [0.1, 0.15) is 0 Å². The Labute approximate surface area is 101 Å². The first kappa shape index (κ1) is 13.7. The van der Waals surface area contributed by atoms with Gasteiger partial charge in [0.2, 0.25) is 11.8 Å². The monoisotopic (exact) mass is 241 g/mol. The zero-order chi connectivity index (χ0) is 12.5. The molecule has 0 amide bonds. The molecule has 6 nitrogen and oxygen atoms in total. The molecule has 1 aromatic rings. The molecular formula is C11H19N3O3. The number of rotatable bonds is 8. The fourth-order valence-electron chi connectivity index (χ4n) is 1.24. The predicted molar refractivity (Wildman–Crippen MR) is 64.3 cm³/mol. The van der Waals surface area contributed by atoms with Crippen molar-refractivity contribution in [1.82, 2.24) is 9.97 Å². The number of aryl methyl sites for hydroxylation is 1. The Morgan fingerprint density at radius 2 is 2.18 bits per heavy atom. The van der Waals surface area contributed by atoms with Crippen LogP contribution in [0.15, 0.2) is 6.07 Å². The van der Waals surface area contributed by atoms with Gasteiger partial charge in [-0.15, -0.1) is 0 Å². The van der Waals surface area contributed by atoms with E-state index in [1.165, 1.54) is 0 Å². The lowest BCUT2D eigenvalue weighted by atomic mass is 10.4. The van der Waals surface area contributed by atoms with Crippen molar-refractivity contribution in [3.8, 4) is 5.88 Å². The van der Waals surface area contributed by atoms with E-state index < -0.39 is 0 Å². The Kier molecular flexibility index (Phi) is 6.27.